The summed E-state index contributed by atoms with van der Waals surface area (Å²) in [6, 6.07) is 10.5. The van der Waals surface area contributed by atoms with Gasteiger partial charge in [-0.25, -0.2) is 0 Å². The van der Waals surface area contributed by atoms with Crippen molar-refractivity contribution in [3.63, 3.8) is 0 Å². The van der Waals surface area contributed by atoms with Crippen LogP contribution in [0.1, 0.15) is 37.6 Å². The molecule has 2 aromatic carbocycles. The lowest BCUT2D eigenvalue weighted by Crippen LogP contribution is -2.13. The van der Waals surface area contributed by atoms with E-state index in [1.54, 1.807) is 24.3 Å². The molecule has 0 unspecified atom stereocenters. The third-order valence-electron chi connectivity index (χ3n) is 3.46. The van der Waals surface area contributed by atoms with E-state index < -0.39 is 0 Å². The Morgan fingerprint density at radius 2 is 1.69 bits per heavy atom. The molecule has 5 nitrogen and oxygen atoms in total. The maximum atomic E-state index is 12.7. The second-order valence-corrected chi connectivity index (χ2v) is 5.86. The molecule has 1 N–H and O–H groups in total. The van der Waals surface area contributed by atoms with E-state index in [0.717, 1.165) is 6.42 Å². The lowest BCUT2D eigenvalue weighted by Gasteiger charge is -2.15. The highest BCUT2D eigenvalue weighted by molar-refractivity contribution is 6.32. The van der Waals surface area contributed by atoms with Crippen LogP contribution < -0.4 is 19.5 Å². The van der Waals surface area contributed by atoms with Gasteiger partial charge in [-0.2, -0.15) is 0 Å². The molecule has 2 rings (SSSR count). The van der Waals surface area contributed by atoms with Gasteiger partial charge in [0.25, 0.3) is 5.91 Å². The first-order valence-electron chi connectivity index (χ1n) is 8.72. The molecule has 140 valence electrons. The fourth-order valence-electron chi connectivity index (χ4n) is 2.35. The van der Waals surface area contributed by atoms with Gasteiger partial charge in [0, 0.05) is 5.56 Å². The predicted octanol–water partition coefficient (Wildman–Crippen LogP) is 5.18. The quantitative estimate of drug-likeness (QED) is 0.654. The minimum atomic E-state index is -0.304. The van der Waals surface area contributed by atoms with E-state index in [-0.39, 0.29) is 5.91 Å². The van der Waals surface area contributed by atoms with Crippen molar-refractivity contribution < 1.29 is 19.0 Å². The molecule has 0 bridgehead atoms. The van der Waals surface area contributed by atoms with Gasteiger partial charge in [0.1, 0.15) is 5.75 Å². The molecule has 0 atom stereocenters. The maximum Gasteiger partial charge on any atom is 0.255 e. The number of benzene rings is 2. The summed E-state index contributed by atoms with van der Waals surface area (Å²) in [5, 5.41) is 3.19. The summed E-state index contributed by atoms with van der Waals surface area (Å²) in [7, 11) is 0. The van der Waals surface area contributed by atoms with Gasteiger partial charge in [0.15, 0.2) is 11.5 Å². The van der Waals surface area contributed by atoms with Crippen molar-refractivity contribution in [3.8, 4) is 17.2 Å². The van der Waals surface area contributed by atoms with Crippen LogP contribution in [0.25, 0.3) is 0 Å². The van der Waals surface area contributed by atoms with E-state index in [1.165, 1.54) is 0 Å². The van der Waals surface area contributed by atoms with Crippen LogP contribution >= 0.6 is 11.6 Å². The molecule has 0 aliphatic heterocycles. The van der Waals surface area contributed by atoms with Crippen molar-refractivity contribution in [2.75, 3.05) is 25.1 Å². The van der Waals surface area contributed by atoms with Gasteiger partial charge in [0.2, 0.25) is 0 Å². The van der Waals surface area contributed by atoms with Crippen LogP contribution in [-0.4, -0.2) is 25.7 Å². The molecular weight excluding hydrogens is 354 g/mol. The van der Waals surface area contributed by atoms with E-state index in [2.05, 4.69) is 5.32 Å². The molecule has 0 aromatic heterocycles. The lowest BCUT2D eigenvalue weighted by atomic mass is 10.1. The smallest absolute Gasteiger partial charge is 0.255 e. The number of ether oxygens (including phenoxy) is 3. The first-order chi connectivity index (χ1) is 12.6. The van der Waals surface area contributed by atoms with E-state index in [9.17, 15) is 4.79 Å². The molecule has 0 heterocycles. The average molecular weight is 378 g/mol. The minimum absolute atomic E-state index is 0.304. The number of nitrogens with one attached hydrogen (secondary N) is 1. The molecule has 0 aliphatic rings. The van der Waals surface area contributed by atoms with Gasteiger partial charge < -0.3 is 19.5 Å². The molecule has 1 amide bonds. The first-order valence-corrected chi connectivity index (χ1v) is 9.10. The summed E-state index contributed by atoms with van der Waals surface area (Å²) >= 11 is 6.32. The number of amides is 1. The van der Waals surface area contributed by atoms with Crippen molar-refractivity contribution in [1.29, 1.82) is 0 Å². The Bertz CT molecular complexity index is 749. The summed E-state index contributed by atoms with van der Waals surface area (Å²) in [5.74, 6) is 1.22. The topological polar surface area (TPSA) is 56.8 Å². The molecule has 2 aromatic rings. The molecule has 0 saturated heterocycles. The third kappa shape index (κ3) is 5.05. The summed E-state index contributed by atoms with van der Waals surface area (Å²) < 4.78 is 16.8. The number of anilines is 1. The third-order valence-corrected chi connectivity index (χ3v) is 3.74. The van der Waals surface area contributed by atoms with Crippen molar-refractivity contribution >= 4 is 23.2 Å². The van der Waals surface area contributed by atoms with Gasteiger partial charge in [-0.05, 0) is 44.5 Å². The molecule has 0 fully saturated rings. The van der Waals surface area contributed by atoms with Crippen LogP contribution in [0.2, 0.25) is 5.02 Å². The van der Waals surface area contributed by atoms with Gasteiger partial charge in [-0.3, -0.25) is 4.79 Å². The highest BCUT2D eigenvalue weighted by Gasteiger charge is 2.17. The summed E-state index contributed by atoms with van der Waals surface area (Å²) in [6.45, 7) is 7.23. The van der Waals surface area contributed by atoms with Gasteiger partial charge in [0.05, 0.1) is 30.5 Å². The zero-order valence-electron chi connectivity index (χ0n) is 15.3. The van der Waals surface area contributed by atoms with Crippen LogP contribution in [0, 0.1) is 0 Å². The van der Waals surface area contributed by atoms with Crippen LogP contribution in [0.3, 0.4) is 0 Å². The number of hydrogen-bond acceptors (Lipinski definition) is 4. The summed E-state index contributed by atoms with van der Waals surface area (Å²) in [5.41, 5.74) is 0.980. The van der Waals surface area contributed by atoms with Crippen LogP contribution in [0.15, 0.2) is 36.4 Å². The normalized spacial score (nSPS) is 10.3. The van der Waals surface area contributed by atoms with Crippen LogP contribution in [0.4, 0.5) is 5.69 Å². The molecular formula is C20H24ClNO4. The Labute approximate surface area is 159 Å². The monoisotopic (exact) mass is 377 g/mol. The molecule has 6 heteroatoms. The zero-order chi connectivity index (χ0) is 18.9. The second-order valence-electron chi connectivity index (χ2n) is 5.45. The van der Waals surface area contributed by atoms with Crippen LogP contribution in [-0.2, 0) is 0 Å². The summed E-state index contributed by atoms with van der Waals surface area (Å²) in [6.07, 6.45) is 0.846. The first kappa shape index (κ1) is 19.9. The number of halogens is 1. The minimum Gasteiger partial charge on any atom is -0.492 e. The Balaban J connectivity index is 2.28. The molecule has 0 aliphatic carbocycles. The van der Waals surface area contributed by atoms with Crippen LogP contribution in [0.5, 0.6) is 17.2 Å². The molecule has 0 radical (unpaired) electrons. The second kappa shape index (κ2) is 9.92. The van der Waals surface area contributed by atoms with E-state index in [4.69, 9.17) is 25.8 Å². The van der Waals surface area contributed by atoms with Crippen molar-refractivity contribution in [2.45, 2.75) is 27.2 Å². The fraction of sp³-hybridized carbons (Fsp3) is 0.350. The molecule has 0 saturated carbocycles. The molecule has 0 spiro atoms. The van der Waals surface area contributed by atoms with Crippen molar-refractivity contribution in [1.82, 2.24) is 0 Å². The van der Waals surface area contributed by atoms with Crippen molar-refractivity contribution in [3.05, 3.63) is 47.0 Å². The number of rotatable bonds is 9. The zero-order valence-corrected chi connectivity index (χ0v) is 16.1. The summed E-state index contributed by atoms with van der Waals surface area (Å²) in [4.78, 5) is 12.7. The van der Waals surface area contributed by atoms with Crippen molar-refractivity contribution in [2.24, 2.45) is 0 Å². The Morgan fingerprint density at radius 1 is 1.00 bits per heavy atom. The van der Waals surface area contributed by atoms with Gasteiger partial charge >= 0.3 is 0 Å². The number of para-hydroxylation sites is 2. The highest BCUT2D eigenvalue weighted by atomic mass is 35.5. The fourth-order valence-corrected chi connectivity index (χ4v) is 2.62. The Morgan fingerprint density at radius 3 is 2.38 bits per heavy atom. The SMILES string of the molecule is CCCOc1c(Cl)cc(C(=O)Nc2ccccc2OCC)cc1OCC. The number of carbonyl (C=O) groups is 1. The highest BCUT2D eigenvalue weighted by Crippen LogP contribution is 2.37. The largest absolute Gasteiger partial charge is 0.492 e. The standard InChI is InChI=1S/C20H24ClNO4/c1-4-11-26-19-15(21)12-14(13-18(19)25-6-3)20(23)22-16-9-7-8-10-17(16)24-5-2/h7-10,12-13H,4-6,11H2,1-3H3,(H,22,23). The van der Waals surface area contributed by atoms with E-state index >= 15 is 0 Å². The molecule has 26 heavy (non-hydrogen) atoms. The van der Waals surface area contributed by atoms with Gasteiger partial charge in [-0.15, -0.1) is 0 Å². The number of carbonyl (C=O) groups excluding carboxylic acids is 1. The average Bonchev–Trinajstić information content (AvgIpc) is 2.63. The Hall–Kier alpha value is -2.40. The maximum absolute atomic E-state index is 12.7. The predicted molar refractivity (Wildman–Crippen MR) is 104 cm³/mol. The van der Waals surface area contributed by atoms with E-state index in [0.29, 0.717) is 53.3 Å². The van der Waals surface area contributed by atoms with Gasteiger partial charge in [-0.1, -0.05) is 30.7 Å². The number of hydrogen-bond donors (Lipinski definition) is 1. The Kier molecular flexibility index (Phi) is 7.60. The van der Waals surface area contributed by atoms with E-state index in [1.807, 2.05) is 32.9 Å². The lowest BCUT2D eigenvalue weighted by molar-refractivity contribution is 0.102.